The Labute approximate surface area is 132 Å². The van der Waals surface area contributed by atoms with Gasteiger partial charge in [0.2, 0.25) is 0 Å². The normalized spacial score (nSPS) is 12.2. The zero-order valence-electron chi connectivity index (χ0n) is 10.4. The lowest BCUT2D eigenvalue weighted by Gasteiger charge is -2.04. The molecule has 0 aliphatic heterocycles. The molecule has 0 aromatic heterocycles. The van der Waals surface area contributed by atoms with Crippen LogP contribution in [0.1, 0.15) is 10.4 Å². The maximum atomic E-state index is 13.1. The monoisotopic (exact) mass is 348 g/mol. The largest absolute Gasteiger partial charge is 0.293 e. The van der Waals surface area contributed by atoms with Crippen molar-refractivity contribution in [2.75, 3.05) is 5.75 Å². The van der Waals surface area contributed by atoms with Gasteiger partial charge in [-0.05, 0) is 36.4 Å². The van der Waals surface area contributed by atoms with Crippen LogP contribution in [0.3, 0.4) is 0 Å². The fourth-order valence-corrected chi connectivity index (χ4v) is 2.98. The van der Waals surface area contributed by atoms with Crippen molar-refractivity contribution >= 4 is 39.8 Å². The third-order valence-corrected chi connectivity index (χ3v) is 4.70. The van der Waals surface area contributed by atoms with E-state index in [1.54, 1.807) is 0 Å². The smallest absolute Gasteiger partial charge is 0.175 e. The van der Waals surface area contributed by atoms with Crippen molar-refractivity contribution in [3.63, 3.8) is 0 Å². The minimum Gasteiger partial charge on any atom is -0.293 e. The van der Waals surface area contributed by atoms with Crippen molar-refractivity contribution in [1.82, 2.24) is 0 Å². The Hall–Kier alpha value is -1.30. The van der Waals surface area contributed by atoms with Gasteiger partial charge in [-0.1, -0.05) is 23.2 Å². The summed E-state index contributed by atoms with van der Waals surface area (Å²) >= 11 is 11.6. The first kappa shape index (κ1) is 16.1. The SMILES string of the molecule is O=C(CS(=O)c1ccc(Cl)c(Cl)c1)c1ccc(F)c(F)c1. The van der Waals surface area contributed by atoms with E-state index in [1.807, 2.05) is 0 Å². The van der Waals surface area contributed by atoms with E-state index in [9.17, 15) is 17.8 Å². The molecule has 0 heterocycles. The Morgan fingerprint density at radius 2 is 1.71 bits per heavy atom. The van der Waals surface area contributed by atoms with Gasteiger partial charge in [-0.25, -0.2) is 8.78 Å². The molecule has 1 unspecified atom stereocenters. The lowest BCUT2D eigenvalue weighted by atomic mass is 10.1. The first-order valence-electron chi connectivity index (χ1n) is 5.70. The Morgan fingerprint density at radius 3 is 2.33 bits per heavy atom. The molecule has 7 heteroatoms. The van der Waals surface area contributed by atoms with Gasteiger partial charge in [0.1, 0.15) is 0 Å². The molecule has 0 radical (unpaired) electrons. The van der Waals surface area contributed by atoms with Crippen LogP contribution in [0.5, 0.6) is 0 Å². The highest BCUT2D eigenvalue weighted by molar-refractivity contribution is 7.85. The quantitative estimate of drug-likeness (QED) is 0.773. The predicted octanol–water partition coefficient (Wildman–Crippen LogP) is 4.26. The van der Waals surface area contributed by atoms with E-state index < -0.39 is 28.2 Å². The standard InChI is InChI=1S/C14H8Cl2F2O2S/c15-10-3-2-9(6-11(10)16)21(20)7-14(19)8-1-4-12(17)13(18)5-8/h1-6H,7H2. The van der Waals surface area contributed by atoms with Crippen LogP contribution in [-0.4, -0.2) is 15.7 Å². The number of carbonyl (C=O) groups is 1. The van der Waals surface area contributed by atoms with Gasteiger partial charge < -0.3 is 0 Å². The number of carbonyl (C=O) groups excluding carboxylic acids is 1. The molecule has 2 nitrogen and oxygen atoms in total. The zero-order valence-corrected chi connectivity index (χ0v) is 12.7. The number of rotatable bonds is 4. The van der Waals surface area contributed by atoms with E-state index in [1.165, 1.54) is 18.2 Å². The van der Waals surface area contributed by atoms with Crippen molar-refractivity contribution in [3.05, 3.63) is 63.6 Å². The summed E-state index contributed by atoms with van der Waals surface area (Å²) in [6.45, 7) is 0. The lowest BCUT2D eigenvalue weighted by Crippen LogP contribution is -2.11. The Balaban J connectivity index is 2.16. The molecular weight excluding hydrogens is 341 g/mol. The molecule has 21 heavy (non-hydrogen) atoms. The summed E-state index contributed by atoms with van der Waals surface area (Å²) in [4.78, 5) is 12.2. The van der Waals surface area contributed by atoms with Gasteiger partial charge in [-0.2, -0.15) is 0 Å². The number of benzene rings is 2. The topological polar surface area (TPSA) is 34.1 Å². The highest BCUT2D eigenvalue weighted by Gasteiger charge is 2.15. The van der Waals surface area contributed by atoms with Crippen LogP contribution < -0.4 is 0 Å². The molecule has 110 valence electrons. The average Bonchev–Trinajstić information content (AvgIpc) is 2.44. The fraction of sp³-hybridized carbons (Fsp3) is 0.0714. The summed E-state index contributed by atoms with van der Waals surface area (Å²) in [5.41, 5.74) is -0.0395. The minimum atomic E-state index is -1.65. The van der Waals surface area contributed by atoms with Crippen LogP contribution in [0, 0.1) is 11.6 Å². The number of Topliss-reactive ketones (excluding diaryl/α,β-unsaturated/α-hetero) is 1. The van der Waals surface area contributed by atoms with Crippen molar-refractivity contribution in [3.8, 4) is 0 Å². The van der Waals surface area contributed by atoms with Gasteiger partial charge >= 0.3 is 0 Å². The van der Waals surface area contributed by atoms with E-state index in [0.717, 1.165) is 18.2 Å². The minimum absolute atomic E-state index is 0.0395. The van der Waals surface area contributed by atoms with Crippen molar-refractivity contribution in [1.29, 1.82) is 0 Å². The van der Waals surface area contributed by atoms with Gasteiger partial charge in [-0.15, -0.1) is 0 Å². The number of ketones is 1. The average molecular weight is 349 g/mol. The highest BCUT2D eigenvalue weighted by Crippen LogP contribution is 2.24. The molecule has 0 bridgehead atoms. The molecule has 0 saturated heterocycles. The molecule has 0 N–H and O–H groups in total. The molecule has 0 spiro atoms. The van der Waals surface area contributed by atoms with Crippen molar-refractivity contribution in [2.45, 2.75) is 4.90 Å². The van der Waals surface area contributed by atoms with Gasteiger partial charge in [0.05, 0.1) is 26.6 Å². The van der Waals surface area contributed by atoms with Gasteiger partial charge in [0.15, 0.2) is 17.4 Å². The van der Waals surface area contributed by atoms with Gasteiger partial charge in [0, 0.05) is 10.5 Å². The summed E-state index contributed by atoms with van der Waals surface area (Å²) in [7, 11) is -1.65. The number of halogens is 4. The van der Waals surface area contributed by atoms with E-state index in [0.29, 0.717) is 9.92 Å². The van der Waals surface area contributed by atoms with Crippen LogP contribution in [0.2, 0.25) is 10.0 Å². The summed E-state index contributed by atoms with van der Waals surface area (Å²) in [6, 6.07) is 7.14. The number of hydrogen-bond acceptors (Lipinski definition) is 2. The fourth-order valence-electron chi connectivity index (χ4n) is 1.57. The predicted molar refractivity (Wildman–Crippen MR) is 78.4 cm³/mol. The lowest BCUT2D eigenvalue weighted by molar-refractivity contribution is 0.102. The highest BCUT2D eigenvalue weighted by atomic mass is 35.5. The van der Waals surface area contributed by atoms with Crippen LogP contribution in [0.25, 0.3) is 0 Å². The Bertz CT molecular complexity index is 673. The van der Waals surface area contributed by atoms with Crippen LogP contribution in [-0.2, 0) is 10.8 Å². The first-order valence-corrected chi connectivity index (χ1v) is 7.77. The molecule has 2 aromatic carbocycles. The molecule has 2 aromatic rings. The second-order valence-corrected chi connectivity index (χ2v) is 6.38. The first-order chi connectivity index (χ1) is 9.88. The van der Waals surface area contributed by atoms with Crippen molar-refractivity contribution < 1.29 is 17.8 Å². The third kappa shape index (κ3) is 3.87. The number of hydrogen-bond donors (Lipinski definition) is 0. The van der Waals surface area contributed by atoms with Crippen LogP contribution >= 0.6 is 23.2 Å². The van der Waals surface area contributed by atoms with Crippen LogP contribution in [0.4, 0.5) is 8.78 Å². The van der Waals surface area contributed by atoms with E-state index >= 15 is 0 Å². The summed E-state index contributed by atoms with van der Waals surface area (Å²) in [5, 5.41) is 0.534. The summed E-state index contributed by atoms with van der Waals surface area (Å²) < 4.78 is 37.9. The Kier molecular flexibility index (Phi) is 5.08. The van der Waals surface area contributed by atoms with Gasteiger partial charge in [0.25, 0.3) is 0 Å². The summed E-state index contributed by atoms with van der Waals surface area (Å²) in [6.07, 6.45) is 0. The maximum Gasteiger partial charge on any atom is 0.175 e. The molecule has 0 saturated carbocycles. The van der Waals surface area contributed by atoms with E-state index in [2.05, 4.69) is 0 Å². The van der Waals surface area contributed by atoms with E-state index in [4.69, 9.17) is 23.2 Å². The molecule has 0 amide bonds. The molecule has 1 atom stereocenters. The molecule has 2 rings (SSSR count). The third-order valence-electron chi connectivity index (χ3n) is 2.66. The molecular formula is C14H8Cl2F2O2S. The Morgan fingerprint density at radius 1 is 1.00 bits per heavy atom. The zero-order chi connectivity index (χ0) is 15.6. The van der Waals surface area contributed by atoms with E-state index in [-0.39, 0.29) is 16.3 Å². The molecule has 0 aliphatic carbocycles. The van der Waals surface area contributed by atoms with Crippen LogP contribution in [0.15, 0.2) is 41.3 Å². The van der Waals surface area contributed by atoms with Gasteiger partial charge in [-0.3, -0.25) is 9.00 Å². The second kappa shape index (κ2) is 6.64. The summed E-state index contributed by atoms with van der Waals surface area (Å²) in [5.74, 6) is -3.08. The molecule has 0 aliphatic rings. The van der Waals surface area contributed by atoms with Crippen molar-refractivity contribution in [2.24, 2.45) is 0 Å². The second-order valence-electron chi connectivity index (χ2n) is 4.12. The maximum absolute atomic E-state index is 13.1. The molecule has 0 fully saturated rings.